The van der Waals surface area contributed by atoms with Crippen LogP contribution in [0.15, 0.2) is 36.4 Å². The quantitative estimate of drug-likeness (QED) is 0.487. The van der Waals surface area contributed by atoms with E-state index >= 15 is 0 Å². The predicted octanol–water partition coefficient (Wildman–Crippen LogP) is 4.96. The molecule has 0 saturated carbocycles. The summed E-state index contributed by atoms with van der Waals surface area (Å²) in [4.78, 5) is 20.8. The Morgan fingerprint density at radius 3 is 1.93 bits per heavy atom. The summed E-state index contributed by atoms with van der Waals surface area (Å²) < 4.78 is 10.2. The molecule has 1 saturated heterocycles. The van der Waals surface area contributed by atoms with Crippen molar-refractivity contribution in [3.63, 3.8) is 0 Å². The van der Waals surface area contributed by atoms with E-state index in [1.165, 1.54) is 12.1 Å². The molecule has 30 heavy (non-hydrogen) atoms. The van der Waals surface area contributed by atoms with E-state index in [1.807, 2.05) is 0 Å². The van der Waals surface area contributed by atoms with Crippen molar-refractivity contribution in [2.24, 2.45) is 0 Å². The van der Waals surface area contributed by atoms with Crippen LogP contribution in [0.1, 0.15) is 48.4 Å². The summed E-state index contributed by atoms with van der Waals surface area (Å²) in [7, 11) is 0. The Hall–Kier alpha value is -2.12. The number of ether oxygens (including phenoxy) is 2. The number of halogens is 2. The minimum absolute atomic E-state index is 0.0636. The van der Waals surface area contributed by atoms with Gasteiger partial charge in [0.1, 0.15) is 18.1 Å². The van der Waals surface area contributed by atoms with Crippen LogP contribution in [0.3, 0.4) is 0 Å². The zero-order valence-corrected chi connectivity index (χ0v) is 18.8. The fraction of sp³-hybridized carbons (Fsp3) is 0.364. The van der Waals surface area contributed by atoms with Crippen molar-refractivity contribution >= 4 is 35.8 Å². The van der Waals surface area contributed by atoms with Crippen molar-refractivity contribution in [1.29, 1.82) is 0 Å². The Morgan fingerprint density at radius 2 is 1.53 bits per heavy atom. The van der Waals surface area contributed by atoms with Crippen molar-refractivity contribution in [2.45, 2.75) is 38.9 Å². The molecule has 1 heterocycles. The molecule has 0 bridgehead atoms. The molecule has 8 heteroatoms. The molecule has 0 amide bonds. The highest BCUT2D eigenvalue weighted by Gasteiger charge is 2.32. The van der Waals surface area contributed by atoms with Crippen molar-refractivity contribution in [3.05, 3.63) is 57.6 Å². The third-order valence-corrected chi connectivity index (χ3v) is 4.37. The maximum absolute atomic E-state index is 10.6. The van der Waals surface area contributed by atoms with Crippen molar-refractivity contribution in [3.8, 4) is 11.5 Å². The highest BCUT2D eigenvalue weighted by atomic mass is 35.5. The summed E-state index contributed by atoms with van der Waals surface area (Å²) in [5.74, 6) is 0.342. The number of epoxide rings is 1. The number of aldehydes is 2. The molecule has 2 aromatic rings. The van der Waals surface area contributed by atoms with E-state index in [2.05, 4.69) is 13.8 Å². The highest BCUT2D eigenvalue weighted by molar-refractivity contribution is 6.34. The normalized spacial score (nSPS) is 13.7. The van der Waals surface area contributed by atoms with Crippen LogP contribution in [0.2, 0.25) is 10.0 Å². The summed E-state index contributed by atoms with van der Waals surface area (Å²) in [6.45, 7) is 8.48. The molecular weight excluding hydrogens is 431 g/mol. The zero-order valence-electron chi connectivity index (χ0n) is 17.3. The molecule has 0 spiro atoms. The van der Waals surface area contributed by atoms with Crippen LogP contribution in [-0.4, -0.2) is 47.2 Å². The maximum atomic E-state index is 10.6. The minimum atomic E-state index is -0.930. The number of hydrogen-bond acceptors (Lipinski definition) is 6. The molecule has 0 radical (unpaired) electrons. The standard InChI is InChI=1S/C11H13ClO3.C7H5ClO2.C4H8O/c1-11(2,14)7-15-9-5-3-4-8(6-13)10(9)12;8-7-5(4-9)2-1-3-6(7)10;1-4(2)3-5-4/h3-6,14H,7H2,1-2H3;1-4,10H;3H2,1-2H3. The first-order valence-corrected chi connectivity index (χ1v) is 9.81. The van der Waals surface area contributed by atoms with Crippen LogP contribution in [0, 0.1) is 0 Å². The van der Waals surface area contributed by atoms with Gasteiger partial charge >= 0.3 is 0 Å². The van der Waals surface area contributed by atoms with Gasteiger partial charge in [-0.1, -0.05) is 35.3 Å². The van der Waals surface area contributed by atoms with E-state index in [0.717, 1.165) is 6.61 Å². The molecular formula is C22H26Cl2O6. The van der Waals surface area contributed by atoms with Gasteiger partial charge in [-0.15, -0.1) is 0 Å². The van der Waals surface area contributed by atoms with Crippen LogP contribution in [0.4, 0.5) is 0 Å². The fourth-order valence-electron chi connectivity index (χ4n) is 1.76. The molecule has 0 atom stereocenters. The molecule has 0 aromatic heterocycles. The number of carbonyl (C=O) groups excluding carboxylic acids is 2. The smallest absolute Gasteiger partial charge is 0.151 e. The van der Waals surface area contributed by atoms with Crippen LogP contribution in [0.5, 0.6) is 11.5 Å². The Kier molecular flexibility index (Phi) is 9.78. The number of benzene rings is 2. The Balaban J connectivity index is 0.000000255. The first kappa shape index (κ1) is 25.9. The summed E-state index contributed by atoms with van der Waals surface area (Å²) in [5, 5.41) is 18.8. The van der Waals surface area contributed by atoms with Crippen LogP contribution in [0.25, 0.3) is 0 Å². The van der Waals surface area contributed by atoms with Gasteiger partial charge in [0.15, 0.2) is 12.6 Å². The summed E-state index contributed by atoms with van der Waals surface area (Å²) in [6, 6.07) is 9.46. The van der Waals surface area contributed by atoms with Gasteiger partial charge in [0, 0.05) is 11.1 Å². The predicted molar refractivity (Wildman–Crippen MR) is 117 cm³/mol. The lowest BCUT2D eigenvalue weighted by Crippen LogP contribution is -2.27. The SMILES string of the molecule is CC(C)(O)COc1cccc(C=O)c1Cl.CC1(C)CO1.O=Cc1cccc(O)c1Cl. The lowest BCUT2D eigenvalue weighted by Gasteiger charge is -2.18. The number of hydrogen-bond donors (Lipinski definition) is 2. The molecule has 1 fully saturated rings. The van der Waals surface area contributed by atoms with Crippen molar-refractivity contribution < 1.29 is 29.3 Å². The molecule has 164 valence electrons. The van der Waals surface area contributed by atoms with Gasteiger partial charge in [0.2, 0.25) is 0 Å². The number of aliphatic hydroxyl groups is 1. The van der Waals surface area contributed by atoms with Crippen LogP contribution < -0.4 is 4.74 Å². The van der Waals surface area contributed by atoms with Gasteiger partial charge in [0.05, 0.1) is 27.9 Å². The molecule has 0 aliphatic carbocycles. The van der Waals surface area contributed by atoms with E-state index in [-0.39, 0.29) is 28.0 Å². The molecule has 2 aromatic carbocycles. The van der Waals surface area contributed by atoms with E-state index in [4.69, 9.17) is 37.8 Å². The average Bonchev–Trinajstić information content (AvgIpc) is 3.38. The first-order valence-electron chi connectivity index (χ1n) is 9.05. The monoisotopic (exact) mass is 456 g/mol. The van der Waals surface area contributed by atoms with Gasteiger partial charge in [-0.25, -0.2) is 0 Å². The van der Waals surface area contributed by atoms with Crippen molar-refractivity contribution in [2.75, 3.05) is 13.2 Å². The molecule has 1 aliphatic rings. The largest absolute Gasteiger partial charge is 0.506 e. The third kappa shape index (κ3) is 9.59. The second kappa shape index (κ2) is 11.3. The Bertz CT molecular complexity index is 853. The molecule has 0 unspecified atom stereocenters. The van der Waals surface area contributed by atoms with Crippen molar-refractivity contribution in [1.82, 2.24) is 0 Å². The average molecular weight is 457 g/mol. The number of carbonyl (C=O) groups is 2. The zero-order chi connectivity index (χ0) is 22.9. The van der Waals surface area contributed by atoms with Gasteiger partial charge in [-0.3, -0.25) is 9.59 Å². The Morgan fingerprint density at radius 1 is 1.07 bits per heavy atom. The topological polar surface area (TPSA) is 96.4 Å². The molecule has 6 nitrogen and oxygen atoms in total. The van der Waals surface area contributed by atoms with E-state index in [0.29, 0.717) is 29.4 Å². The summed E-state index contributed by atoms with van der Waals surface area (Å²) in [6.07, 6.45) is 1.27. The van der Waals surface area contributed by atoms with E-state index in [9.17, 15) is 14.7 Å². The number of phenols is 1. The maximum Gasteiger partial charge on any atom is 0.151 e. The summed E-state index contributed by atoms with van der Waals surface area (Å²) >= 11 is 11.4. The number of phenolic OH excluding ortho intramolecular Hbond substituents is 1. The number of rotatable bonds is 5. The van der Waals surface area contributed by atoms with Gasteiger partial charge in [-0.05, 0) is 52.0 Å². The minimum Gasteiger partial charge on any atom is -0.506 e. The Labute approximate surface area is 186 Å². The molecule has 3 rings (SSSR count). The second-order valence-electron chi connectivity index (χ2n) is 7.72. The van der Waals surface area contributed by atoms with Crippen LogP contribution in [-0.2, 0) is 4.74 Å². The fourth-order valence-corrected chi connectivity index (χ4v) is 2.15. The van der Waals surface area contributed by atoms with Gasteiger partial charge in [-0.2, -0.15) is 0 Å². The van der Waals surface area contributed by atoms with E-state index < -0.39 is 5.60 Å². The highest BCUT2D eigenvalue weighted by Crippen LogP contribution is 2.27. The van der Waals surface area contributed by atoms with Crippen LogP contribution >= 0.6 is 23.2 Å². The summed E-state index contributed by atoms with van der Waals surface area (Å²) in [5.41, 5.74) is 0.00660. The molecule has 1 aliphatic heterocycles. The van der Waals surface area contributed by atoms with Gasteiger partial charge < -0.3 is 19.7 Å². The lowest BCUT2D eigenvalue weighted by molar-refractivity contribution is 0.0285. The second-order valence-corrected chi connectivity index (χ2v) is 8.48. The lowest BCUT2D eigenvalue weighted by atomic mass is 10.1. The third-order valence-electron chi connectivity index (χ3n) is 3.56. The molecule has 2 N–H and O–H groups in total. The number of aromatic hydroxyl groups is 1. The first-order chi connectivity index (χ1) is 13.9. The van der Waals surface area contributed by atoms with E-state index in [1.54, 1.807) is 38.1 Å². The van der Waals surface area contributed by atoms with Gasteiger partial charge in [0.25, 0.3) is 0 Å².